The second-order valence-electron chi connectivity index (χ2n) is 7.10. The molecule has 0 aliphatic carbocycles. The van der Waals surface area contributed by atoms with E-state index in [1.807, 2.05) is 43.3 Å². The molecule has 0 saturated carbocycles. The van der Waals surface area contributed by atoms with Crippen molar-refractivity contribution >= 4 is 46.3 Å². The Kier molecular flexibility index (Phi) is 6.71. The van der Waals surface area contributed by atoms with Crippen molar-refractivity contribution in [1.29, 1.82) is 0 Å². The molecule has 1 fully saturated rings. The number of amides is 1. The largest absolute Gasteiger partial charge is 0.507 e. The number of ketones is 1. The Labute approximate surface area is 185 Å². The van der Waals surface area contributed by atoms with E-state index < -0.39 is 17.7 Å². The van der Waals surface area contributed by atoms with Crippen LogP contribution in [0.5, 0.6) is 0 Å². The normalized spacial score (nSPS) is 18.2. The third-order valence-corrected chi connectivity index (χ3v) is 5.73. The molecule has 1 unspecified atom stereocenters. The van der Waals surface area contributed by atoms with Gasteiger partial charge in [0.2, 0.25) is 0 Å². The Morgan fingerprint density at radius 2 is 1.77 bits per heavy atom. The van der Waals surface area contributed by atoms with Crippen LogP contribution in [-0.2, 0) is 14.3 Å². The summed E-state index contributed by atoms with van der Waals surface area (Å²) < 4.78 is 5.11. The lowest BCUT2D eigenvalue weighted by molar-refractivity contribution is -0.140. The number of carbonyl (C=O) groups excluding carboxylic acids is 2. The number of halogens is 2. The Hall–Kier alpha value is -2.54. The maximum atomic E-state index is 12.9. The smallest absolute Gasteiger partial charge is 0.295 e. The van der Waals surface area contributed by atoms with Gasteiger partial charge in [-0.05, 0) is 35.9 Å². The first-order valence-electron chi connectivity index (χ1n) is 9.26. The van der Waals surface area contributed by atoms with Gasteiger partial charge in [0.15, 0.2) is 0 Å². The molecule has 2 aromatic carbocycles. The average molecular weight is 449 g/mol. The maximum Gasteiger partial charge on any atom is 0.295 e. The molecule has 0 radical (unpaired) electrons. The molecule has 158 valence electrons. The quantitative estimate of drug-likeness (QED) is 0.408. The standard InChI is InChI=1S/C22H22Cl2N2O4/c1-25(2)15-7-4-13(5-8-15)19-18(21(28)22(29)26(19)10-11-30-3)20(27)14-6-9-16(23)17(24)12-14/h4-9,12,19,27H,10-11H2,1-3H3/b20-18-. The summed E-state index contributed by atoms with van der Waals surface area (Å²) in [6, 6.07) is 11.3. The number of nitrogens with zero attached hydrogens (tertiary/aromatic N) is 2. The van der Waals surface area contributed by atoms with Crippen LogP contribution in [0.15, 0.2) is 48.0 Å². The number of aliphatic hydroxyl groups is 1. The number of hydrogen-bond donors (Lipinski definition) is 1. The van der Waals surface area contributed by atoms with Crippen LogP contribution in [-0.4, -0.2) is 56.1 Å². The fourth-order valence-electron chi connectivity index (χ4n) is 3.40. The summed E-state index contributed by atoms with van der Waals surface area (Å²) in [7, 11) is 5.36. The monoisotopic (exact) mass is 448 g/mol. The topological polar surface area (TPSA) is 70.1 Å². The number of hydrogen-bond acceptors (Lipinski definition) is 5. The molecule has 3 rings (SSSR count). The predicted molar refractivity (Wildman–Crippen MR) is 118 cm³/mol. The van der Waals surface area contributed by atoms with Crippen LogP contribution in [0.3, 0.4) is 0 Å². The zero-order chi connectivity index (χ0) is 22.0. The Bertz CT molecular complexity index is 1000. The molecule has 1 aliphatic rings. The number of methoxy groups -OCH3 is 1. The predicted octanol–water partition coefficient (Wildman–Crippen LogP) is 4.13. The van der Waals surface area contributed by atoms with Crippen molar-refractivity contribution in [3.8, 4) is 0 Å². The lowest BCUT2D eigenvalue weighted by Gasteiger charge is -2.25. The van der Waals surface area contributed by atoms with E-state index in [1.165, 1.54) is 24.1 Å². The van der Waals surface area contributed by atoms with Crippen molar-refractivity contribution in [3.05, 3.63) is 69.2 Å². The Balaban J connectivity index is 2.15. The van der Waals surface area contributed by atoms with Crippen LogP contribution in [0.2, 0.25) is 10.0 Å². The highest BCUT2D eigenvalue weighted by molar-refractivity contribution is 6.46. The molecule has 30 heavy (non-hydrogen) atoms. The summed E-state index contributed by atoms with van der Waals surface area (Å²) in [6.45, 7) is 0.464. The zero-order valence-electron chi connectivity index (χ0n) is 16.9. The number of ether oxygens (including phenoxy) is 1. The first-order chi connectivity index (χ1) is 14.3. The molecule has 1 aliphatic heterocycles. The fourth-order valence-corrected chi connectivity index (χ4v) is 3.70. The Morgan fingerprint density at radius 3 is 2.33 bits per heavy atom. The van der Waals surface area contributed by atoms with E-state index in [2.05, 4.69) is 0 Å². The van der Waals surface area contributed by atoms with Gasteiger partial charge in [0, 0.05) is 39.0 Å². The van der Waals surface area contributed by atoms with Crippen LogP contribution in [0.1, 0.15) is 17.2 Å². The number of anilines is 1. The SMILES string of the molecule is COCCN1C(=O)C(=O)/C(=C(\O)c2ccc(Cl)c(Cl)c2)C1c1ccc(N(C)C)cc1. The lowest BCUT2D eigenvalue weighted by atomic mass is 9.95. The van der Waals surface area contributed by atoms with E-state index in [1.54, 1.807) is 6.07 Å². The van der Waals surface area contributed by atoms with Gasteiger partial charge >= 0.3 is 0 Å². The van der Waals surface area contributed by atoms with Crippen LogP contribution in [0.4, 0.5) is 5.69 Å². The fraction of sp³-hybridized carbons (Fsp3) is 0.273. The number of likely N-dealkylation sites (tertiary alicyclic amines) is 1. The molecule has 6 nitrogen and oxygen atoms in total. The summed E-state index contributed by atoms with van der Waals surface area (Å²) in [5, 5.41) is 11.5. The number of carbonyl (C=O) groups is 2. The van der Waals surface area contributed by atoms with Crippen molar-refractivity contribution < 1.29 is 19.4 Å². The molecule has 1 saturated heterocycles. The van der Waals surface area contributed by atoms with Crippen LogP contribution in [0.25, 0.3) is 5.76 Å². The third kappa shape index (κ3) is 4.17. The van der Waals surface area contributed by atoms with Gasteiger partial charge in [0.1, 0.15) is 5.76 Å². The van der Waals surface area contributed by atoms with E-state index in [-0.39, 0.29) is 29.5 Å². The molecule has 1 amide bonds. The minimum absolute atomic E-state index is 0.00657. The van der Waals surface area contributed by atoms with E-state index in [0.717, 1.165) is 5.69 Å². The van der Waals surface area contributed by atoms with Gasteiger partial charge in [0.05, 0.1) is 28.3 Å². The molecule has 2 aromatic rings. The first-order valence-corrected chi connectivity index (χ1v) is 10.0. The average Bonchev–Trinajstić information content (AvgIpc) is 2.98. The first kappa shape index (κ1) is 22.2. The second-order valence-corrected chi connectivity index (χ2v) is 7.91. The summed E-state index contributed by atoms with van der Waals surface area (Å²) in [5.41, 5.74) is 1.99. The second kappa shape index (κ2) is 9.08. The molecular formula is C22H22Cl2N2O4. The van der Waals surface area contributed by atoms with Gasteiger partial charge in [-0.15, -0.1) is 0 Å². The van der Waals surface area contributed by atoms with Gasteiger partial charge in [-0.2, -0.15) is 0 Å². The minimum atomic E-state index is -0.753. The van der Waals surface area contributed by atoms with Crippen molar-refractivity contribution in [2.75, 3.05) is 39.3 Å². The molecule has 0 bridgehead atoms. The lowest BCUT2D eigenvalue weighted by Crippen LogP contribution is -2.32. The van der Waals surface area contributed by atoms with Gasteiger partial charge in [-0.25, -0.2) is 0 Å². The van der Waals surface area contributed by atoms with E-state index in [4.69, 9.17) is 27.9 Å². The summed E-state index contributed by atoms with van der Waals surface area (Å²) in [4.78, 5) is 29.0. The molecular weight excluding hydrogens is 427 g/mol. The third-order valence-electron chi connectivity index (χ3n) is 4.99. The summed E-state index contributed by atoms with van der Waals surface area (Å²) in [6.07, 6.45) is 0. The van der Waals surface area contributed by atoms with Crippen molar-refractivity contribution in [2.24, 2.45) is 0 Å². The molecule has 8 heteroatoms. The highest BCUT2D eigenvalue weighted by atomic mass is 35.5. The number of aliphatic hydroxyl groups excluding tert-OH is 1. The maximum absolute atomic E-state index is 12.9. The van der Waals surface area contributed by atoms with Crippen LogP contribution >= 0.6 is 23.2 Å². The molecule has 1 N–H and O–H groups in total. The van der Waals surface area contributed by atoms with Gasteiger partial charge < -0.3 is 19.6 Å². The zero-order valence-corrected chi connectivity index (χ0v) is 18.4. The molecule has 1 heterocycles. The van der Waals surface area contributed by atoms with Crippen molar-refractivity contribution in [1.82, 2.24) is 4.90 Å². The summed E-state index contributed by atoms with van der Waals surface area (Å²) in [5.74, 6) is -1.74. The van der Waals surface area contributed by atoms with Crippen molar-refractivity contribution in [2.45, 2.75) is 6.04 Å². The minimum Gasteiger partial charge on any atom is -0.507 e. The van der Waals surface area contributed by atoms with Gasteiger partial charge in [-0.1, -0.05) is 35.3 Å². The Morgan fingerprint density at radius 1 is 1.10 bits per heavy atom. The van der Waals surface area contributed by atoms with Crippen LogP contribution in [0, 0.1) is 0 Å². The van der Waals surface area contributed by atoms with E-state index >= 15 is 0 Å². The molecule has 0 aromatic heterocycles. The highest BCUT2D eigenvalue weighted by Gasteiger charge is 2.45. The molecule has 0 spiro atoms. The van der Waals surface area contributed by atoms with Crippen LogP contribution < -0.4 is 4.90 Å². The van der Waals surface area contributed by atoms with Crippen molar-refractivity contribution in [3.63, 3.8) is 0 Å². The summed E-state index contributed by atoms with van der Waals surface area (Å²) >= 11 is 12.0. The molecule has 1 atom stereocenters. The highest BCUT2D eigenvalue weighted by Crippen LogP contribution is 2.40. The van der Waals surface area contributed by atoms with E-state index in [9.17, 15) is 14.7 Å². The number of Topliss-reactive ketones (excluding diaryl/α,β-unsaturated/α-hetero) is 1. The number of rotatable bonds is 6. The number of benzene rings is 2. The van der Waals surface area contributed by atoms with E-state index in [0.29, 0.717) is 16.1 Å². The van der Waals surface area contributed by atoms with Gasteiger partial charge in [0.25, 0.3) is 11.7 Å². The van der Waals surface area contributed by atoms with Gasteiger partial charge in [-0.3, -0.25) is 9.59 Å².